The van der Waals surface area contributed by atoms with Gasteiger partial charge in [-0.3, -0.25) is 4.79 Å². The maximum absolute atomic E-state index is 12.1. The molecule has 2 rings (SSSR count). The van der Waals surface area contributed by atoms with Crippen molar-refractivity contribution in [2.75, 3.05) is 38.5 Å². The van der Waals surface area contributed by atoms with Crippen LogP contribution in [0.15, 0.2) is 40.9 Å². The molecule has 0 aliphatic rings. The number of anilines is 2. The topological polar surface area (TPSA) is 68.8 Å². The highest BCUT2D eigenvalue weighted by Gasteiger charge is 2.14. The van der Waals surface area contributed by atoms with Gasteiger partial charge in [-0.15, -0.1) is 0 Å². The Hall–Kier alpha value is -2.41. The van der Waals surface area contributed by atoms with Gasteiger partial charge in [-0.1, -0.05) is 22.0 Å². The van der Waals surface area contributed by atoms with Crippen LogP contribution in [0.25, 0.3) is 0 Å². The van der Waals surface area contributed by atoms with Crippen LogP contribution in [0.2, 0.25) is 0 Å². The number of rotatable bonds is 7. The summed E-state index contributed by atoms with van der Waals surface area (Å²) in [6.45, 7) is 0.132. The van der Waals surface area contributed by atoms with Crippen molar-refractivity contribution < 1.29 is 19.0 Å². The molecular weight excluding hydrogens is 376 g/mol. The van der Waals surface area contributed by atoms with Gasteiger partial charge in [0.25, 0.3) is 0 Å². The van der Waals surface area contributed by atoms with Crippen molar-refractivity contribution in [3.05, 3.63) is 40.9 Å². The van der Waals surface area contributed by atoms with Crippen LogP contribution in [-0.4, -0.2) is 33.8 Å². The molecule has 0 heterocycles. The van der Waals surface area contributed by atoms with E-state index in [-0.39, 0.29) is 12.5 Å². The first-order chi connectivity index (χ1) is 11.6. The summed E-state index contributed by atoms with van der Waals surface area (Å²) in [5, 5.41) is 5.85. The average molecular weight is 395 g/mol. The molecule has 0 saturated heterocycles. The molecule has 0 aliphatic carbocycles. The largest absolute Gasteiger partial charge is 0.493 e. The molecule has 128 valence electrons. The second kappa shape index (κ2) is 8.44. The van der Waals surface area contributed by atoms with Gasteiger partial charge in [-0.25, -0.2) is 0 Å². The van der Waals surface area contributed by atoms with E-state index in [4.69, 9.17) is 14.2 Å². The van der Waals surface area contributed by atoms with Gasteiger partial charge in [-0.05, 0) is 18.2 Å². The van der Waals surface area contributed by atoms with Crippen LogP contribution in [0, 0.1) is 0 Å². The molecule has 1 amide bonds. The van der Waals surface area contributed by atoms with E-state index in [9.17, 15) is 4.79 Å². The van der Waals surface area contributed by atoms with Crippen LogP contribution >= 0.6 is 15.9 Å². The molecular formula is C17H19BrN2O4. The Labute approximate surface area is 149 Å². The molecule has 0 bridgehead atoms. The summed E-state index contributed by atoms with van der Waals surface area (Å²) in [6.07, 6.45) is 0. The van der Waals surface area contributed by atoms with E-state index in [1.54, 1.807) is 12.1 Å². The minimum atomic E-state index is -0.191. The van der Waals surface area contributed by atoms with Crippen molar-refractivity contribution in [3.8, 4) is 17.2 Å². The van der Waals surface area contributed by atoms with Crippen LogP contribution in [0.1, 0.15) is 0 Å². The van der Waals surface area contributed by atoms with Crippen LogP contribution in [0.4, 0.5) is 11.4 Å². The van der Waals surface area contributed by atoms with E-state index in [2.05, 4.69) is 26.6 Å². The third-order valence-corrected chi connectivity index (χ3v) is 3.72. The Morgan fingerprint density at radius 2 is 1.67 bits per heavy atom. The first kappa shape index (κ1) is 17.9. The Bertz CT molecular complexity index is 696. The Kier molecular flexibility index (Phi) is 6.31. The lowest BCUT2D eigenvalue weighted by atomic mass is 10.2. The number of amides is 1. The first-order valence-corrected chi connectivity index (χ1v) is 7.96. The van der Waals surface area contributed by atoms with Crippen molar-refractivity contribution in [1.82, 2.24) is 0 Å². The first-order valence-electron chi connectivity index (χ1n) is 7.16. The second-order valence-corrected chi connectivity index (χ2v) is 5.74. The molecule has 2 aromatic rings. The summed E-state index contributed by atoms with van der Waals surface area (Å²) in [7, 11) is 4.58. The minimum absolute atomic E-state index is 0.132. The number of nitrogens with one attached hydrogen (secondary N) is 2. The number of hydrogen-bond donors (Lipinski definition) is 2. The number of halogens is 1. The normalized spacial score (nSPS) is 10.0. The highest BCUT2D eigenvalue weighted by atomic mass is 79.9. The monoisotopic (exact) mass is 394 g/mol. The summed E-state index contributed by atoms with van der Waals surface area (Å²) >= 11 is 3.39. The van der Waals surface area contributed by atoms with Crippen LogP contribution in [0.3, 0.4) is 0 Å². The van der Waals surface area contributed by atoms with Gasteiger partial charge >= 0.3 is 0 Å². The van der Waals surface area contributed by atoms with Crippen LogP contribution in [0.5, 0.6) is 17.2 Å². The fourth-order valence-corrected chi connectivity index (χ4v) is 2.54. The number of carbonyl (C=O) groups excluding carboxylic acids is 1. The zero-order valence-electron chi connectivity index (χ0n) is 13.7. The van der Waals surface area contributed by atoms with E-state index < -0.39 is 0 Å². The van der Waals surface area contributed by atoms with Gasteiger partial charge in [0, 0.05) is 28.0 Å². The number of hydrogen-bond acceptors (Lipinski definition) is 5. The fourth-order valence-electron chi connectivity index (χ4n) is 2.14. The number of ether oxygens (including phenoxy) is 3. The van der Waals surface area contributed by atoms with E-state index in [0.29, 0.717) is 22.9 Å². The van der Waals surface area contributed by atoms with Crippen molar-refractivity contribution in [2.45, 2.75) is 0 Å². The predicted molar refractivity (Wildman–Crippen MR) is 97.4 cm³/mol. The van der Waals surface area contributed by atoms with Crippen LogP contribution < -0.4 is 24.8 Å². The third kappa shape index (κ3) is 4.55. The highest BCUT2D eigenvalue weighted by molar-refractivity contribution is 9.10. The lowest BCUT2D eigenvalue weighted by molar-refractivity contribution is -0.114. The molecule has 0 spiro atoms. The van der Waals surface area contributed by atoms with Gasteiger partial charge in [0.05, 0.1) is 27.9 Å². The molecule has 0 fully saturated rings. The zero-order chi connectivity index (χ0) is 17.5. The van der Waals surface area contributed by atoms with Crippen molar-refractivity contribution in [2.24, 2.45) is 0 Å². The van der Waals surface area contributed by atoms with E-state index in [1.807, 2.05) is 24.3 Å². The predicted octanol–water partition coefficient (Wildman–Crippen LogP) is 3.53. The molecule has 6 nitrogen and oxygen atoms in total. The summed E-state index contributed by atoms with van der Waals surface area (Å²) in [5.74, 6) is 1.24. The highest BCUT2D eigenvalue weighted by Crippen LogP contribution is 2.39. The quantitative estimate of drug-likeness (QED) is 0.751. The summed E-state index contributed by atoms with van der Waals surface area (Å²) in [4.78, 5) is 12.1. The Balaban J connectivity index is 2.05. The van der Waals surface area contributed by atoms with Crippen molar-refractivity contribution in [3.63, 3.8) is 0 Å². The lowest BCUT2D eigenvalue weighted by Crippen LogP contribution is -2.21. The second-order valence-electron chi connectivity index (χ2n) is 4.83. The smallest absolute Gasteiger partial charge is 0.243 e. The van der Waals surface area contributed by atoms with Crippen LogP contribution in [-0.2, 0) is 4.79 Å². The number of benzene rings is 2. The maximum atomic E-state index is 12.1. The number of methoxy groups -OCH3 is 3. The summed E-state index contributed by atoms with van der Waals surface area (Å²) < 4.78 is 16.7. The lowest BCUT2D eigenvalue weighted by Gasteiger charge is -2.15. The summed E-state index contributed by atoms with van der Waals surface area (Å²) in [6, 6.07) is 10.9. The van der Waals surface area contributed by atoms with E-state index in [0.717, 1.165) is 10.2 Å². The minimum Gasteiger partial charge on any atom is -0.493 e. The SMILES string of the molecule is COc1cc(NC(=O)CNc2cccc(Br)c2)cc(OC)c1OC. The molecule has 2 aromatic carbocycles. The molecule has 0 aromatic heterocycles. The van der Waals surface area contributed by atoms with E-state index >= 15 is 0 Å². The molecule has 0 atom stereocenters. The molecule has 0 unspecified atom stereocenters. The van der Waals surface area contributed by atoms with Gasteiger partial charge in [-0.2, -0.15) is 0 Å². The van der Waals surface area contributed by atoms with Gasteiger partial charge in [0.1, 0.15) is 0 Å². The van der Waals surface area contributed by atoms with Gasteiger partial charge in [0.15, 0.2) is 11.5 Å². The molecule has 24 heavy (non-hydrogen) atoms. The zero-order valence-corrected chi connectivity index (χ0v) is 15.3. The maximum Gasteiger partial charge on any atom is 0.243 e. The molecule has 0 radical (unpaired) electrons. The van der Waals surface area contributed by atoms with Gasteiger partial charge in [0.2, 0.25) is 11.7 Å². The van der Waals surface area contributed by atoms with Gasteiger partial charge < -0.3 is 24.8 Å². The molecule has 0 saturated carbocycles. The average Bonchev–Trinajstić information content (AvgIpc) is 2.59. The van der Waals surface area contributed by atoms with Crippen molar-refractivity contribution >= 4 is 33.2 Å². The van der Waals surface area contributed by atoms with Crippen molar-refractivity contribution in [1.29, 1.82) is 0 Å². The standard InChI is InChI=1S/C17H19BrN2O4/c1-22-14-8-13(9-15(23-2)17(14)24-3)20-16(21)10-19-12-6-4-5-11(18)7-12/h4-9,19H,10H2,1-3H3,(H,20,21). The summed E-state index contributed by atoms with van der Waals surface area (Å²) in [5.41, 5.74) is 1.41. The molecule has 2 N–H and O–H groups in total. The Morgan fingerprint density at radius 1 is 1.00 bits per heavy atom. The van der Waals surface area contributed by atoms with E-state index in [1.165, 1.54) is 21.3 Å². The number of carbonyl (C=O) groups is 1. The third-order valence-electron chi connectivity index (χ3n) is 3.23. The molecule has 7 heteroatoms. The Morgan fingerprint density at radius 3 is 2.21 bits per heavy atom. The molecule has 0 aliphatic heterocycles. The fraction of sp³-hybridized carbons (Fsp3) is 0.235.